The molecule has 0 aromatic carbocycles. The number of nitrogens with one attached hydrogen (secondary N) is 2. The number of thiophene rings is 1. The zero-order chi connectivity index (χ0) is 16.9. The van der Waals surface area contributed by atoms with E-state index < -0.39 is 5.97 Å². The number of anilines is 1. The molecular weight excluding hydrogens is 328 g/mol. The van der Waals surface area contributed by atoms with Crippen molar-refractivity contribution in [3.8, 4) is 0 Å². The molecule has 1 aliphatic rings. The normalized spacial score (nSPS) is 17.5. The predicted octanol–water partition coefficient (Wildman–Crippen LogP) is 3.41. The van der Waals surface area contributed by atoms with E-state index in [0.717, 1.165) is 25.1 Å². The Bertz CT molecular complexity index is 698. The largest absolute Gasteiger partial charge is 0.462 e. The van der Waals surface area contributed by atoms with Crippen molar-refractivity contribution in [2.45, 2.75) is 32.2 Å². The van der Waals surface area contributed by atoms with Gasteiger partial charge in [0.2, 0.25) is 0 Å². The first-order valence-corrected chi connectivity index (χ1v) is 8.90. The topological polar surface area (TPSA) is 87.3 Å². The number of carbonyl (C=O) groups is 2. The van der Waals surface area contributed by atoms with Crippen LogP contribution < -0.4 is 5.32 Å². The summed E-state index contributed by atoms with van der Waals surface area (Å²) in [5.74, 6) is 0.372. The molecule has 0 saturated carbocycles. The van der Waals surface area contributed by atoms with Crippen LogP contribution in [0, 0.1) is 0 Å². The Labute approximate surface area is 144 Å². The van der Waals surface area contributed by atoms with E-state index in [9.17, 15) is 9.59 Å². The van der Waals surface area contributed by atoms with Gasteiger partial charge in [-0.1, -0.05) is 0 Å². The lowest BCUT2D eigenvalue weighted by atomic mass is 10.0. The van der Waals surface area contributed by atoms with Crippen LogP contribution >= 0.6 is 11.3 Å². The number of imidazole rings is 1. The number of hydrogen-bond donors (Lipinski definition) is 2. The molecule has 2 aromatic rings. The molecule has 0 spiro atoms. The van der Waals surface area contributed by atoms with Gasteiger partial charge >= 0.3 is 12.0 Å². The Kier molecular flexibility index (Phi) is 5.14. The number of rotatable bonds is 4. The molecule has 3 rings (SSSR count). The number of carbonyl (C=O) groups excluding carboxylic acids is 2. The van der Waals surface area contributed by atoms with Gasteiger partial charge in [-0.05, 0) is 37.6 Å². The molecule has 1 aliphatic heterocycles. The second-order valence-electron chi connectivity index (χ2n) is 5.49. The van der Waals surface area contributed by atoms with Crippen LogP contribution in [-0.4, -0.2) is 40.0 Å². The third-order valence-corrected chi connectivity index (χ3v) is 4.81. The van der Waals surface area contributed by atoms with Gasteiger partial charge in [0, 0.05) is 18.9 Å². The number of urea groups is 1. The van der Waals surface area contributed by atoms with Gasteiger partial charge in [-0.25, -0.2) is 14.6 Å². The monoisotopic (exact) mass is 348 g/mol. The molecule has 7 nitrogen and oxygen atoms in total. The highest BCUT2D eigenvalue weighted by Crippen LogP contribution is 2.31. The number of aromatic amines is 1. The lowest BCUT2D eigenvalue weighted by Gasteiger charge is -2.34. The highest BCUT2D eigenvalue weighted by atomic mass is 32.1. The average molecular weight is 348 g/mol. The summed E-state index contributed by atoms with van der Waals surface area (Å²) in [4.78, 5) is 33.8. The molecule has 0 radical (unpaired) electrons. The number of hydrogen-bond acceptors (Lipinski definition) is 5. The fraction of sp³-hybridized carbons (Fsp3) is 0.438. The number of nitrogens with zero attached hydrogens (tertiary/aromatic N) is 2. The summed E-state index contributed by atoms with van der Waals surface area (Å²) in [5, 5.41) is 5.14. The zero-order valence-electron chi connectivity index (χ0n) is 13.4. The minimum atomic E-state index is -0.421. The maximum atomic E-state index is 12.7. The molecule has 2 aromatic heterocycles. The van der Waals surface area contributed by atoms with Crippen molar-refractivity contribution < 1.29 is 14.3 Å². The van der Waals surface area contributed by atoms with Crippen LogP contribution in [0.1, 0.15) is 48.4 Å². The zero-order valence-corrected chi connectivity index (χ0v) is 14.3. The highest BCUT2D eigenvalue weighted by Gasteiger charge is 2.30. The van der Waals surface area contributed by atoms with Gasteiger partial charge in [0.05, 0.1) is 18.2 Å². The van der Waals surface area contributed by atoms with E-state index in [1.807, 2.05) is 0 Å². The van der Waals surface area contributed by atoms with Crippen LogP contribution in [0.2, 0.25) is 0 Å². The quantitative estimate of drug-likeness (QED) is 0.829. The Morgan fingerprint density at radius 2 is 2.38 bits per heavy atom. The van der Waals surface area contributed by atoms with Gasteiger partial charge < -0.3 is 14.6 Å². The van der Waals surface area contributed by atoms with Crippen molar-refractivity contribution >= 4 is 28.3 Å². The minimum absolute atomic E-state index is 0.0697. The molecule has 24 heavy (non-hydrogen) atoms. The van der Waals surface area contributed by atoms with Gasteiger partial charge in [0.1, 0.15) is 10.8 Å². The molecule has 1 fully saturated rings. The predicted molar refractivity (Wildman–Crippen MR) is 91.2 cm³/mol. The maximum absolute atomic E-state index is 12.7. The number of ether oxygens (including phenoxy) is 1. The number of H-pyrrole nitrogens is 1. The minimum Gasteiger partial charge on any atom is -0.462 e. The average Bonchev–Trinajstić information content (AvgIpc) is 3.27. The van der Waals surface area contributed by atoms with Crippen molar-refractivity contribution in [2.75, 3.05) is 18.5 Å². The van der Waals surface area contributed by atoms with Crippen molar-refractivity contribution in [3.63, 3.8) is 0 Å². The lowest BCUT2D eigenvalue weighted by Crippen LogP contribution is -2.41. The van der Waals surface area contributed by atoms with E-state index in [2.05, 4.69) is 15.3 Å². The van der Waals surface area contributed by atoms with E-state index in [1.54, 1.807) is 35.7 Å². The Morgan fingerprint density at radius 3 is 3.12 bits per heavy atom. The Balaban J connectivity index is 1.74. The number of esters is 1. The maximum Gasteiger partial charge on any atom is 0.341 e. The second-order valence-corrected chi connectivity index (χ2v) is 6.41. The van der Waals surface area contributed by atoms with Gasteiger partial charge in [0.25, 0.3) is 0 Å². The van der Waals surface area contributed by atoms with Crippen LogP contribution in [0.4, 0.5) is 9.80 Å². The first-order valence-electron chi connectivity index (χ1n) is 8.02. The van der Waals surface area contributed by atoms with Crippen molar-refractivity contribution in [1.82, 2.24) is 14.9 Å². The smallest absolute Gasteiger partial charge is 0.341 e. The Hall–Kier alpha value is -2.35. The first-order chi connectivity index (χ1) is 11.7. The fourth-order valence-corrected chi connectivity index (χ4v) is 3.63. The summed E-state index contributed by atoms with van der Waals surface area (Å²) in [6.45, 7) is 2.72. The van der Waals surface area contributed by atoms with Crippen molar-refractivity contribution in [2.24, 2.45) is 0 Å². The van der Waals surface area contributed by atoms with Gasteiger partial charge in [-0.2, -0.15) is 0 Å². The van der Waals surface area contributed by atoms with Crippen LogP contribution in [0.5, 0.6) is 0 Å². The van der Waals surface area contributed by atoms with Crippen LogP contribution in [0.3, 0.4) is 0 Å². The summed E-state index contributed by atoms with van der Waals surface area (Å²) >= 11 is 1.31. The van der Waals surface area contributed by atoms with Gasteiger partial charge in [0.15, 0.2) is 0 Å². The van der Waals surface area contributed by atoms with E-state index in [0.29, 0.717) is 23.7 Å². The number of likely N-dealkylation sites (tertiary alicyclic amines) is 1. The van der Waals surface area contributed by atoms with Crippen LogP contribution in [0.25, 0.3) is 0 Å². The van der Waals surface area contributed by atoms with Gasteiger partial charge in [-0.15, -0.1) is 11.3 Å². The SMILES string of the molecule is CCOC(=O)c1ccsc1NC(=O)N1CCCC[C@@H]1c1ncc[nH]1. The second kappa shape index (κ2) is 7.48. The number of piperidine rings is 1. The molecular formula is C16H20N4O3S. The number of amides is 2. The fourth-order valence-electron chi connectivity index (χ4n) is 2.86. The van der Waals surface area contributed by atoms with E-state index in [4.69, 9.17) is 4.74 Å². The molecule has 8 heteroatoms. The molecule has 128 valence electrons. The summed E-state index contributed by atoms with van der Waals surface area (Å²) in [6.07, 6.45) is 6.34. The summed E-state index contributed by atoms with van der Waals surface area (Å²) in [7, 11) is 0. The molecule has 0 bridgehead atoms. The molecule has 3 heterocycles. The lowest BCUT2D eigenvalue weighted by molar-refractivity contribution is 0.0528. The van der Waals surface area contributed by atoms with Crippen molar-refractivity contribution in [3.05, 3.63) is 35.2 Å². The summed E-state index contributed by atoms with van der Waals surface area (Å²) in [6, 6.07) is 1.38. The standard InChI is InChI=1S/C16H20N4O3S/c1-2-23-15(21)11-6-10-24-14(11)19-16(22)20-9-4-3-5-12(20)13-17-7-8-18-13/h6-8,10,12H,2-5,9H2,1H3,(H,17,18)(H,19,22)/t12-/m1/s1. The van der Waals surface area contributed by atoms with E-state index >= 15 is 0 Å². The van der Waals surface area contributed by atoms with Crippen LogP contribution in [-0.2, 0) is 4.74 Å². The van der Waals surface area contributed by atoms with E-state index in [1.165, 1.54) is 11.3 Å². The number of aromatic nitrogens is 2. The molecule has 1 atom stereocenters. The third kappa shape index (κ3) is 3.43. The Morgan fingerprint density at radius 1 is 1.50 bits per heavy atom. The molecule has 0 unspecified atom stereocenters. The first kappa shape index (κ1) is 16.5. The van der Waals surface area contributed by atoms with Crippen LogP contribution in [0.15, 0.2) is 23.8 Å². The van der Waals surface area contributed by atoms with Gasteiger partial charge in [-0.3, -0.25) is 5.32 Å². The highest BCUT2D eigenvalue weighted by molar-refractivity contribution is 7.14. The third-order valence-electron chi connectivity index (χ3n) is 3.98. The van der Waals surface area contributed by atoms with Crippen molar-refractivity contribution in [1.29, 1.82) is 0 Å². The summed E-state index contributed by atoms with van der Waals surface area (Å²) in [5.41, 5.74) is 0.391. The molecule has 1 saturated heterocycles. The summed E-state index contributed by atoms with van der Waals surface area (Å²) < 4.78 is 5.02. The molecule has 0 aliphatic carbocycles. The molecule has 2 amide bonds. The molecule has 2 N–H and O–H groups in total. The van der Waals surface area contributed by atoms with E-state index in [-0.39, 0.29) is 12.1 Å².